The summed E-state index contributed by atoms with van der Waals surface area (Å²) < 4.78 is 5.22. The zero-order valence-corrected chi connectivity index (χ0v) is 16.6. The van der Waals surface area contributed by atoms with E-state index in [1.165, 1.54) is 12.7 Å². The third kappa shape index (κ3) is 5.79. The molecule has 2 aromatic carbocycles. The minimum Gasteiger partial charge on any atom is -0.496 e. The fourth-order valence-electron chi connectivity index (χ4n) is 2.61. The summed E-state index contributed by atoms with van der Waals surface area (Å²) in [6, 6.07) is 11.4. The molecule has 0 unspecified atom stereocenters. The zero-order valence-electron chi connectivity index (χ0n) is 15.8. The molecule has 7 heteroatoms. The number of ether oxygens (including phenoxy) is 1. The minimum absolute atomic E-state index is 0.121. The van der Waals surface area contributed by atoms with Gasteiger partial charge in [-0.05, 0) is 68.4 Å². The molecule has 0 spiro atoms. The lowest BCUT2D eigenvalue weighted by Crippen LogP contribution is -2.25. The van der Waals surface area contributed by atoms with Crippen molar-refractivity contribution < 1.29 is 14.6 Å². The highest BCUT2D eigenvalue weighted by Crippen LogP contribution is 2.21. The van der Waals surface area contributed by atoms with Crippen molar-refractivity contribution in [2.24, 2.45) is 5.10 Å². The molecule has 0 amide bonds. The summed E-state index contributed by atoms with van der Waals surface area (Å²) in [5.41, 5.74) is 8.06. The lowest BCUT2D eigenvalue weighted by molar-refractivity contribution is -0.136. The number of rotatable bonds is 6. The normalized spacial score (nSPS) is 11.0. The maximum absolute atomic E-state index is 11.0. The Hall–Kier alpha value is -2.93. The van der Waals surface area contributed by atoms with Crippen molar-refractivity contribution in [2.75, 3.05) is 12.4 Å². The highest BCUT2D eigenvalue weighted by atomic mass is 32.1. The number of anilines is 1. The lowest BCUT2D eigenvalue weighted by Gasteiger charge is -2.12. The number of carboxylic acids is 1. The molecule has 2 aromatic rings. The van der Waals surface area contributed by atoms with Crippen LogP contribution >= 0.6 is 12.2 Å². The first-order chi connectivity index (χ1) is 12.8. The van der Waals surface area contributed by atoms with Crippen molar-refractivity contribution >= 4 is 34.7 Å². The second-order valence-electron chi connectivity index (χ2n) is 6.18. The summed E-state index contributed by atoms with van der Waals surface area (Å²) in [7, 11) is 1.51. The largest absolute Gasteiger partial charge is 0.496 e. The SMILES string of the molecule is COc1ccc(/C(C)=N\NC(=S)Nc2ccc(C)cc2C)cc1CC(=O)O. The van der Waals surface area contributed by atoms with Crippen molar-refractivity contribution in [1.82, 2.24) is 5.43 Å². The van der Waals surface area contributed by atoms with Crippen LogP contribution in [0.1, 0.15) is 29.2 Å². The number of thiocarbonyl (C=S) groups is 1. The van der Waals surface area contributed by atoms with Crippen molar-refractivity contribution in [1.29, 1.82) is 0 Å². The monoisotopic (exact) mass is 385 g/mol. The topological polar surface area (TPSA) is 83.0 Å². The second kappa shape index (κ2) is 9.14. The van der Waals surface area contributed by atoms with Crippen LogP contribution in [0.15, 0.2) is 41.5 Å². The van der Waals surface area contributed by atoms with Crippen LogP contribution in [0.25, 0.3) is 0 Å². The number of carboxylic acid groups (broad SMARTS) is 1. The fraction of sp³-hybridized carbons (Fsp3) is 0.250. The van der Waals surface area contributed by atoms with Crippen LogP contribution in [0.4, 0.5) is 5.69 Å². The highest BCUT2D eigenvalue weighted by Gasteiger charge is 2.10. The molecule has 0 atom stereocenters. The molecule has 27 heavy (non-hydrogen) atoms. The zero-order chi connectivity index (χ0) is 20.0. The standard InChI is InChI=1S/C20H23N3O3S/c1-12-5-7-17(13(2)9-12)21-20(27)23-22-14(3)15-6-8-18(26-4)16(10-15)11-19(24)25/h5-10H,11H2,1-4H3,(H,24,25)(H2,21,23,27)/b22-14-. The van der Waals surface area contributed by atoms with Gasteiger partial charge in [0.05, 0.1) is 19.2 Å². The van der Waals surface area contributed by atoms with Gasteiger partial charge in [-0.3, -0.25) is 10.2 Å². The van der Waals surface area contributed by atoms with E-state index in [2.05, 4.69) is 21.9 Å². The Morgan fingerprint density at radius 1 is 1.22 bits per heavy atom. The van der Waals surface area contributed by atoms with Gasteiger partial charge in [-0.2, -0.15) is 5.10 Å². The number of nitrogens with zero attached hydrogens (tertiary/aromatic N) is 1. The van der Waals surface area contributed by atoms with Crippen molar-refractivity contribution in [2.45, 2.75) is 27.2 Å². The van der Waals surface area contributed by atoms with E-state index in [0.717, 1.165) is 16.8 Å². The summed E-state index contributed by atoms with van der Waals surface area (Å²) in [6.07, 6.45) is -0.121. The molecule has 0 radical (unpaired) electrons. The third-order valence-electron chi connectivity index (χ3n) is 4.00. The van der Waals surface area contributed by atoms with E-state index in [0.29, 0.717) is 22.1 Å². The summed E-state index contributed by atoms with van der Waals surface area (Å²) in [6.45, 7) is 5.86. The van der Waals surface area contributed by atoms with Crippen molar-refractivity contribution in [3.63, 3.8) is 0 Å². The molecule has 2 rings (SSSR count). The summed E-state index contributed by atoms with van der Waals surface area (Å²) in [5.74, 6) is -0.383. The number of nitrogens with one attached hydrogen (secondary N) is 2. The molecule has 0 fully saturated rings. The van der Waals surface area contributed by atoms with Crippen LogP contribution < -0.4 is 15.5 Å². The van der Waals surface area contributed by atoms with Gasteiger partial charge in [-0.15, -0.1) is 0 Å². The van der Waals surface area contributed by atoms with Crippen LogP contribution in [0.2, 0.25) is 0 Å². The van der Waals surface area contributed by atoms with Crippen molar-refractivity contribution in [3.8, 4) is 5.75 Å². The lowest BCUT2D eigenvalue weighted by atomic mass is 10.0. The van der Waals surface area contributed by atoms with Crippen molar-refractivity contribution in [3.05, 3.63) is 58.7 Å². The second-order valence-corrected chi connectivity index (χ2v) is 6.59. The van der Waals surface area contributed by atoms with Crippen LogP contribution in [0, 0.1) is 13.8 Å². The molecular formula is C20H23N3O3S. The van der Waals surface area contributed by atoms with E-state index >= 15 is 0 Å². The van der Waals surface area contributed by atoms with E-state index in [-0.39, 0.29) is 6.42 Å². The fourth-order valence-corrected chi connectivity index (χ4v) is 2.76. The summed E-state index contributed by atoms with van der Waals surface area (Å²) in [5, 5.41) is 16.8. The average Bonchev–Trinajstić information content (AvgIpc) is 2.61. The predicted molar refractivity (Wildman–Crippen MR) is 112 cm³/mol. The maximum atomic E-state index is 11.0. The van der Waals surface area contributed by atoms with Gasteiger partial charge in [0.25, 0.3) is 0 Å². The molecule has 0 saturated heterocycles. The Balaban J connectivity index is 2.10. The first-order valence-electron chi connectivity index (χ1n) is 8.37. The van der Waals surface area contributed by atoms with Gasteiger partial charge in [0.2, 0.25) is 0 Å². The van der Waals surface area contributed by atoms with Gasteiger partial charge in [0, 0.05) is 11.3 Å². The third-order valence-corrected chi connectivity index (χ3v) is 4.19. The van der Waals surface area contributed by atoms with Gasteiger partial charge in [-0.25, -0.2) is 0 Å². The van der Waals surface area contributed by atoms with Gasteiger partial charge in [0.15, 0.2) is 5.11 Å². The van der Waals surface area contributed by atoms with Crippen LogP contribution in [-0.4, -0.2) is 29.0 Å². The van der Waals surface area contributed by atoms with Crippen LogP contribution in [0.5, 0.6) is 5.75 Å². The number of hydrazone groups is 1. The average molecular weight is 385 g/mol. The first kappa shape index (κ1) is 20.4. The van der Waals surface area contributed by atoms with Gasteiger partial charge in [0.1, 0.15) is 5.75 Å². The Bertz CT molecular complexity index is 894. The first-order valence-corrected chi connectivity index (χ1v) is 8.78. The molecule has 3 N–H and O–H groups in total. The molecular weight excluding hydrogens is 362 g/mol. The van der Waals surface area contributed by atoms with E-state index in [4.69, 9.17) is 22.1 Å². The number of benzene rings is 2. The molecule has 0 aliphatic rings. The Morgan fingerprint density at radius 3 is 2.59 bits per heavy atom. The summed E-state index contributed by atoms with van der Waals surface area (Å²) >= 11 is 5.29. The number of aliphatic carboxylic acids is 1. The molecule has 0 aliphatic heterocycles. The van der Waals surface area contributed by atoms with E-state index in [1.807, 2.05) is 39.0 Å². The Labute approximate surface area is 164 Å². The van der Waals surface area contributed by atoms with Gasteiger partial charge < -0.3 is 15.2 Å². The quantitative estimate of drug-likeness (QED) is 0.400. The van der Waals surface area contributed by atoms with E-state index < -0.39 is 5.97 Å². The van der Waals surface area contributed by atoms with E-state index in [1.54, 1.807) is 12.1 Å². The predicted octanol–water partition coefficient (Wildman–Crippen LogP) is 3.65. The van der Waals surface area contributed by atoms with E-state index in [9.17, 15) is 4.79 Å². The molecule has 0 saturated carbocycles. The molecule has 0 heterocycles. The van der Waals surface area contributed by atoms with Gasteiger partial charge in [-0.1, -0.05) is 17.7 Å². The molecule has 6 nitrogen and oxygen atoms in total. The Morgan fingerprint density at radius 2 is 1.96 bits per heavy atom. The number of hydrogen-bond acceptors (Lipinski definition) is 4. The van der Waals surface area contributed by atoms with Gasteiger partial charge >= 0.3 is 5.97 Å². The number of aryl methyl sites for hydroxylation is 2. The highest BCUT2D eigenvalue weighted by molar-refractivity contribution is 7.80. The number of methoxy groups -OCH3 is 1. The maximum Gasteiger partial charge on any atom is 0.307 e. The molecule has 0 aliphatic carbocycles. The molecule has 0 aromatic heterocycles. The Kier molecular flexibility index (Phi) is 6.90. The molecule has 0 bridgehead atoms. The number of carbonyl (C=O) groups is 1. The van der Waals surface area contributed by atoms with Crippen LogP contribution in [-0.2, 0) is 11.2 Å². The summed E-state index contributed by atoms with van der Waals surface area (Å²) in [4.78, 5) is 11.0. The van der Waals surface area contributed by atoms with Crippen LogP contribution in [0.3, 0.4) is 0 Å². The molecule has 142 valence electrons. The number of hydrogen-bond donors (Lipinski definition) is 3. The minimum atomic E-state index is -0.919. The smallest absolute Gasteiger partial charge is 0.307 e.